The number of carbonyl (C=O) groups excluding carboxylic acids is 1. The number of benzene rings is 2. The lowest BCUT2D eigenvalue weighted by atomic mass is 9.87. The molecule has 34 heavy (non-hydrogen) atoms. The number of ether oxygens (including phenoxy) is 2. The number of anilines is 1. The van der Waals surface area contributed by atoms with Crippen LogP contribution in [0.4, 0.5) is 5.82 Å². The van der Waals surface area contributed by atoms with Crippen LogP contribution in [0.3, 0.4) is 0 Å². The average molecular weight is 486 g/mol. The lowest BCUT2D eigenvalue weighted by molar-refractivity contribution is -0.108. The number of unbranched alkanes of at least 4 members (excludes halogenated alkanes) is 1. The van der Waals surface area contributed by atoms with E-state index in [4.69, 9.17) is 9.47 Å². The predicted octanol–water partition coefficient (Wildman–Crippen LogP) is 4.43. The highest BCUT2D eigenvalue weighted by Gasteiger charge is 2.23. The number of sulfonamides is 1. The standard InChI is InChI=1S/C24H27N3O6S/c1-24(2,3)17-9-11-20(12-10-17)34(30,31)27-22-21(33-19-8-6-7-18(29)15-19)23(26-16-25-22)32-14-5-4-13-28/h6-13,15-16,29H,4-5,14H2,1-3H3,(H,25,26,27). The summed E-state index contributed by atoms with van der Waals surface area (Å²) in [5.74, 6) is -0.0332. The van der Waals surface area contributed by atoms with E-state index in [9.17, 15) is 18.3 Å². The Morgan fingerprint density at radius 2 is 1.82 bits per heavy atom. The molecule has 180 valence electrons. The molecule has 0 unspecified atom stereocenters. The Balaban J connectivity index is 1.94. The summed E-state index contributed by atoms with van der Waals surface area (Å²) in [7, 11) is -4.02. The number of phenols is 1. The van der Waals surface area contributed by atoms with Crippen molar-refractivity contribution in [1.29, 1.82) is 0 Å². The normalized spacial score (nSPS) is 11.6. The molecule has 0 saturated carbocycles. The number of carbonyl (C=O) groups is 1. The van der Waals surface area contributed by atoms with Crippen molar-refractivity contribution in [3.05, 3.63) is 60.4 Å². The molecule has 2 aromatic carbocycles. The smallest absolute Gasteiger partial charge is 0.263 e. The topological polar surface area (TPSA) is 128 Å². The predicted molar refractivity (Wildman–Crippen MR) is 127 cm³/mol. The highest BCUT2D eigenvalue weighted by atomic mass is 32.2. The zero-order valence-electron chi connectivity index (χ0n) is 19.2. The SMILES string of the molecule is CC(C)(C)c1ccc(S(=O)(=O)Nc2ncnc(OCCCC=O)c2Oc2cccc(O)c2)cc1. The highest BCUT2D eigenvalue weighted by Crippen LogP contribution is 2.37. The molecule has 0 fully saturated rings. The van der Waals surface area contributed by atoms with Gasteiger partial charge in [0.15, 0.2) is 5.82 Å². The first-order chi connectivity index (χ1) is 16.1. The Morgan fingerprint density at radius 1 is 1.09 bits per heavy atom. The third kappa shape index (κ3) is 6.44. The monoisotopic (exact) mass is 485 g/mol. The van der Waals surface area contributed by atoms with E-state index in [1.54, 1.807) is 24.3 Å². The fourth-order valence-corrected chi connectivity index (χ4v) is 3.96. The Kier molecular flexibility index (Phi) is 7.72. The molecule has 0 aliphatic rings. The van der Waals surface area contributed by atoms with E-state index in [2.05, 4.69) is 14.7 Å². The third-order valence-corrected chi connectivity index (χ3v) is 6.13. The molecule has 3 rings (SSSR count). The number of phenolic OH excluding ortho intramolecular Hbond substituents is 1. The Bertz CT molecular complexity index is 1240. The van der Waals surface area contributed by atoms with Gasteiger partial charge >= 0.3 is 0 Å². The first-order valence-corrected chi connectivity index (χ1v) is 12.1. The number of rotatable bonds is 10. The van der Waals surface area contributed by atoms with Gasteiger partial charge in [0.05, 0.1) is 11.5 Å². The number of hydrogen-bond acceptors (Lipinski definition) is 8. The molecule has 0 atom stereocenters. The van der Waals surface area contributed by atoms with Crippen molar-refractivity contribution < 1.29 is 27.8 Å². The minimum absolute atomic E-state index is 0.00924. The van der Waals surface area contributed by atoms with Gasteiger partial charge in [-0.05, 0) is 41.7 Å². The van der Waals surface area contributed by atoms with Crippen molar-refractivity contribution in [3.63, 3.8) is 0 Å². The first kappa shape index (κ1) is 25.0. The molecule has 0 aliphatic heterocycles. The fraction of sp³-hybridized carbons (Fsp3) is 0.292. The molecule has 0 spiro atoms. The molecular formula is C24H27N3O6S. The summed E-state index contributed by atoms with van der Waals surface area (Å²) < 4.78 is 40.0. The molecule has 10 heteroatoms. The number of nitrogens with zero attached hydrogens (tertiary/aromatic N) is 2. The molecule has 3 aromatic rings. The maximum absolute atomic E-state index is 13.1. The number of aromatic nitrogens is 2. The minimum atomic E-state index is -4.02. The van der Waals surface area contributed by atoms with Crippen LogP contribution in [0.1, 0.15) is 39.2 Å². The summed E-state index contributed by atoms with van der Waals surface area (Å²) in [5, 5.41) is 9.76. The highest BCUT2D eigenvalue weighted by molar-refractivity contribution is 7.92. The van der Waals surface area contributed by atoms with Crippen LogP contribution in [0.5, 0.6) is 23.1 Å². The lowest BCUT2D eigenvalue weighted by Crippen LogP contribution is -2.16. The zero-order valence-corrected chi connectivity index (χ0v) is 20.0. The van der Waals surface area contributed by atoms with Gasteiger partial charge in [0, 0.05) is 12.5 Å². The van der Waals surface area contributed by atoms with Gasteiger partial charge in [-0.2, -0.15) is 4.98 Å². The Hall–Kier alpha value is -3.66. The van der Waals surface area contributed by atoms with Crippen LogP contribution >= 0.6 is 0 Å². The van der Waals surface area contributed by atoms with Crippen molar-refractivity contribution in [2.45, 2.75) is 43.9 Å². The Labute approximate surface area is 198 Å². The summed E-state index contributed by atoms with van der Waals surface area (Å²) in [4.78, 5) is 18.7. The van der Waals surface area contributed by atoms with Crippen LogP contribution in [-0.2, 0) is 20.2 Å². The number of aldehydes is 1. The van der Waals surface area contributed by atoms with Crippen LogP contribution in [-0.4, -0.2) is 36.4 Å². The van der Waals surface area contributed by atoms with Gasteiger partial charge in [-0.15, -0.1) is 0 Å². The van der Waals surface area contributed by atoms with Crippen LogP contribution < -0.4 is 14.2 Å². The van der Waals surface area contributed by atoms with Gasteiger partial charge < -0.3 is 19.4 Å². The van der Waals surface area contributed by atoms with Gasteiger partial charge in [-0.3, -0.25) is 4.72 Å². The quantitative estimate of drug-likeness (QED) is 0.319. The molecule has 0 saturated heterocycles. The second kappa shape index (κ2) is 10.5. The van der Waals surface area contributed by atoms with Gasteiger partial charge in [0.2, 0.25) is 5.75 Å². The molecule has 0 amide bonds. The molecule has 2 N–H and O–H groups in total. The molecular weight excluding hydrogens is 458 g/mol. The summed E-state index contributed by atoms with van der Waals surface area (Å²) in [6, 6.07) is 12.5. The summed E-state index contributed by atoms with van der Waals surface area (Å²) in [6.07, 6.45) is 2.67. The van der Waals surface area contributed by atoms with Crippen LogP contribution in [0, 0.1) is 0 Å². The van der Waals surface area contributed by atoms with E-state index in [-0.39, 0.29) is 45.9 Å². The summed E-state index contributed by atoms with van der Waals surface area (Å²) >= 11 is 0. The maximum Gasteiger partial charge on any atom is 0.263 e. The van der Waals surface area contributed by atoms with Crippen LogP contribution in [0.15, 0.2) is 59.8 Å². The average Bonchev–Trinajstić information content (AvgIpc) is 2.78. The molecule has 1 heterocycles. The molecule has 0 bridgehead atoms. The van der Waals surface area contributed by atoms with Crippen molar-refractivity contribution in [3.8, 4) is 23.1 Å². The second-order valence-electron chi connectivity index (χ2n) is 8.49. The number of hydrogen-bond donors (Lipinski definition) is 2. The summed E-state index contributed by atoms with van der Waals surface area (Å²) in [5.41, 5.74) is 0.869. The van der Waals surface area contributed by atoms with Crippen LogP contribution in [0.2, 0.25) is 0 Å². The zero-order chi connectivity index (χ0) is 24.8. The largest absolute Gasteiger partial charge is 0.508 e. The third-order valence-electron chi connectivity index (χ3n) is 4.78. The fourth-order valence-electron chi connectivity index (χ4n) is 2.95. The molecule has 9 nitrogen and oxygen atoms in total. The van der Waals surface area contributed by atoms with Gasteiger partial charge in [0.25, 0.3) is 15.9 Å². The second-order valence-corrected chi connectivity index (χ2v) is 10.2. The molecule has 0 radical (unpaired) electrons. The number of nitrogens with one attached hydrogen (secondary N) is 1. The van der Waals surface area contributed by atoms with Gasteiger partial charge in [-0.25, -0.2) is 13.4 Å². The van der Waals surface area contributed by atoms with Crippen LogP contribution in [0.25, 0.3) is 0 Å². The van der Waals surface area contributed by atoms with E-state index >= 15 is 0 Å². The van der Waals surface area contributed by atoms with Gasteiger partial charge in [-0.1, -0.05) is 39.0 Å². The molecule has 1 aromatic heterocycles. The van der Waals surface area contributed by atoms with E-state index in [0.717, 1.165) is 18.2 Å². The van der Waals surface area contributed by atoms with Crippen molar-refractivity contribution >= 4 is 22.1 Å². The molecule has 0 aliphatic carbocycles. The number of aromatic hydroxyl groups is 1. The summed E-state index contributed by atoms with van der Waals surface area (Å²) in [6.45, 7) is 6.28. The lowest BCUT2D eigenvalue weighted by Gasteiger charge is -2.19. The van der Waals surface area contributed by atoms with E-state index < -0.39 is 10.0 Å². The van der Waals surface area contributed by atoms with Crippen molar-refractivity contribution in [2.75, 3.05) is 11.3 Å². The maximum atomic E-state index is 13.1. The minimum Gasteiger partial charge on any atom is -0.508 e. The van der Waals surface area contributed by atoms with E-state index in [0.29, 0.717) is 12.8 Å². The first-order valence-electron chi connectivity index (χ1n) is 10.6. The van der Waals surface area contributed by atoms with E-state index in [1.807, 2.05) is 20.8 Å². The van der Waals surface area contributed by atoms with E-state index in [1.165, 1.54) is 24.3 Å². The van der Waals surface area contributed by atoms with Crippen molar-refractivity contribution in [2.24, 2.45) is 0 Å². The Morgan fingerprint density at radius 3 is 2.47 bits per heavy atom. The van der Waals surface area contributed by atoms with Crippen molar-refractivity contribution in [1.82, 2.24) is 9.97 Å². The van der Waals surface area contributed by atoms with Gasteiger partial charge in [0.1, 0.15) is 24.1 Å².